The zero-order valence-corrected chi connectivity index (χ0v) is 10.8. The van der Waals surface area contributed by atoms with Crippen LogP contribution < -0.4 is 0 Å². The molecule has 0 saturated carbocycles. The highest BCUT2D eigenvalue weighted by Gasteiger charge is 2.13. The SMILES string of the molecule is C#CCn1ccc2c(C(=O)OC)cc(Br)cc21. The summed E-state index contributed by atoms with van der Waals surface area (Å²) in [5.74, 6) is 2.22. The molecule has 1 aromatic heterocycles. The summed E-state index contributed by atoms with van der Waals surface area (Å²) in [5, 5.41) is 0.843. The van der Waals surface area contributed by atoms with E-state index in [1.165, 1.54) is 7.11 Å². The van der Waals surface area contributed by atoms with Gasteiger partial charge in [0.2, 0.25) is 0 Å². The average Bonchev–Trinajstić information content (AvgIpc) is 2.71. The van der Waals surface area contributed by atoms with E-state index < -0.39 is 0 Å². The molecule has 86 valence electrons. The highest BCUT2D eigenvalue weighted by Crippen LogP contribution is 2.26. The minimum atomic E-state index is -0.352. The lowest BCUT2D eigenvalue weighted by Crippen LogP contribution is -2.02. The van der Waals surface area contributed by atoms with Crippen molar-refractivity contribution in [2.75, 3.05) is 7.11 Å². The van der Waals surface area contributed by atoms with E-state index in [4.69, 9.17) is 11.2 Å². The van der Waals surface area contributed by atoms with Crippen LogP contribution in [0.4, 0.5) is 0 Å². The number of nitrogens with zero attached hydrogens (tertiary/aromatic N) is 1. The second kappa shape index (κ2) is 4.64. The van der Waals surface area contributed by atoms with Crippen LogP contribution in [-0.4, -0.2) is 17.6 Å². The van der Waals surface area contributed by atoms with E-state index >= 15 is 0 Å². The third kappa shape index (κ3) is 2.06. The van der Waals surface area contributed by atoms with Crippen molar-refractivity contribution in [1.29, 1.82) is 0 Å². The Hall–Kier alpha value is -1.73. The Morgan fingerprint density at radius 1 is 1.59 bits per heavy atom. The minimum absolute atomic E-state index is 0.352. The van der Waals surface area contributed by atoms with Gasteiger partial charge in [0.15, 0.2) is 0 Å². The molecule has 0 radical (unpaired) electrons. The molecule has 1 heterocycles. The Bertz CT molecular complexity index is 622. The van der Waals surface area contributed by atoms with Gasteiger partial charge in [0, 0.05) is 16.1 Å². The van der Waals surface area contributed by atoms with Crippen molar-refractivity contribution in [1.82, 2.24) is 4.57 Å². The molecule has 0 atom stereocenters. The van der Waals surface area contributed by atoms with E-state index in [1.54, 1.807) is 6.07 Å². The van der Waals surface area contributed by atoms with Crippen LogP contribution in [0.3, 0.4) is 0 Å². The number of benzene rings is 1. The minimum Gasteiger partial charge on any atom is -0.465 e. The molecule has 17 heavy (non-hydrogen) atoms. The number of carbonyl (C=O) groups is 1. The van der Waals surface area contributed by atoms with Crippen LogP contribution >= 0.6 is 15.9 Å². The number of halogens is 1. The molecule has 2 aromatic rings. The molecule has 1 aromatic carbocycles. The smallest absolute Gasteiger partial charge is 0.338 e. The van der Waals surface area contributed by atoms with E-state index in [9.17, 15) is 4.79 Å². The first kappa shape index (κ1) is 11.7. The third-order valence-electron chi connectivity index (χ3n) is 2.52. The summed E-state index contributed by atoms with van der Waals surface area (Å²) in [7, 11) is 1.37. The highest BCUT2D eigenvalue weighted by atomic mass is 79.9. The number of terminal acetylenes is 1. The predicted octanol–water partition coefficient (Wildman–Crippen LogP) is 2.82. The number of ether oxygens (including phenoxy) is 1. The molecule has 0 amide bonds. The van der Waals surface area contributed by atoms with Crippen molar-refractivity contribution in [3.63, 3.8) is 0 Å². The standard InChI is InChI=1S/C13H10BrNO2/c1-3-5-15-6-4-10-11(13(16)17-2)7-9(14)8-12(10)15/h1,4,6-8H,5H2,2H3. The van der Waals surface area contributed by atoms with Gasteiger partial charge >= 0.3 is 5.97 Å². The summed E-state index contributed by atoms with van der Waals surface area (Å²) < 4.78 is 7.49. The van der Waals surface area contributed by atoms with Gasteiger partial charge in [-0.05, 0) is 18.2 Å². The van der Waals surface area contributed by atoms with E-state index in [0.717, 1.165) is 15.4 Å². The summed E-state index contributed by atoms with van der Waals surface area (Å²) in [6.07, 6.45) is 7.16. The van der Waals surface area contributed by atoms with Gasteiger partial charge in [-0.25, -0.2) is 4.79 Å². The number of aromatic nitrogens is 1. The Morgan fingerprint density at radius 3 is 3.00 bits per heavy atom. The van der Waals surface area contributed by atoms with Crippen LogP contribution in [0.2, 0.25) is 0 Å². The van der Waals surface area contributed by atoms with Crippen molar-refractivity contribution in [2.45, 2.75) is 6.54 Å². The van der Waals surface area contributed by atoms with Gasteiger partial charge in [-0.15, -0.1) is 6.42 Å². The van der Waals surface area contributed by atoms with E-state index in [1.807, 2.05) is 22.9 Å². The number of carbonyl (C=O) groups excluding carboxylic acids is 1. The van der Waals surface area contributed by atoms with Crippen molar-refractivity contribution in [3.8, 4) is 12.3 Å². The van der Waals surface area contributed by atoms with E-state index in [0.29, 0.717) is 12.1 Å². The van der Waals surface area contributed by atoms with Crippen LogP contribution in [0, 0.1) is 12.3 Å². The van der Waals surface area contributed by atoms with Crippen LogP contribution in [0.15, 0.2) is 28.9 Å². The summed E-state index contributed by atoms with van der Waals surface area (Å²) in [6.45, 7) is 0.473. The lowest BCUT2D eigenvalue weighted by atomic mass is 10.1. The van der Waals surface area contributed by atoms with Gasteiger partial charge in [-0.2, -0.15) is 0 Å². The molecule has 0 N–H and O–H groups in total. The lowest BCUT2D eigenvalue weighted by molar-refractivity contribution is 0.0603. The molecule has 0 bridgehead atoms. The quantitative estimate of drug-likeness (QED) is 0.629. The number of hydrogen-bond donors (Lipinski definition) is 0. The number of fused-ring (bicyclic) bond motifs is 1. The molecule has 0 unspecified atom stereocenters. The van der Waals surface area contributed by atoms with Gasteiger partial charge in [0.05, 0.1) is 24.7 Å². The first-order valence-corrected chi connectivity index (χ1v) is 5.77. The Labute approximate surface area is 107 Å². The summed E-state index contributed by atoms with van der Waals surface area (Å²) in [4.78, 5) is 11.7. The fraction of sp³-hybridized carbons (Fsp3) is 0.154. The zero-order valence-electron chi connectivity index (χ0n) is 9.24. The number of hydrogen-bond acceptors (Lipinski definition) is 2. The van der Waals surface area contributed by atoms with Crippen molar-refractivity contribution in [2.24, 2.45) is 0 Å². The molecule has 3 nitrogen and oxygen atoms in total. The van der Waals surface area contributed by atoms with Crippen LogP contribution in [0.1, 0.15) is 10.4 Å². The van der Waals surface area contributed by atoms with Crippen molar-refractivity contribution in [3.05, 3.63) is 34.4 Å². The normalized spacial score (nSPS) is 10.2. The summed E-state index contributed by atoms with van der Waals surface area (Å²) >= 11 is 3.38. The Kier molecular flexibility index (Phi) is 3.21. The van der Waals surface area contributed by atoms with Gasteiger partial charge in [-0.3, -0.25) is 0 Å². The van der Waals surface area contributed by atoms with Crippen molar-refractivity contribution < 1.29 is 9.53 Å². The lowest BCUT2D eigenvalue weighted by Gasteiger charge is -2.05. The maximum absolute atomic E-state index is 11.7. The summed E-state index contributed by atoms with van der Waals surface area (Å²) in [5.41, 5.74) is 1.45. The average molecular weight is 292 g/mol. The number of methoxy groups -OCH3 is 1. The molecule has 0 fully saturated rings. The van der Waals surface area contributed by atoms with E-state index in [-0.39, 0.29) is 5.97 Å². The second-order valence-electron chi connectivity index (χ2n) is 3.53. The van der Waals surface area contributed by atoms with Crippen LogP contribution in [-0.2, 0) is 11.3 Å². The topological polar surface area (TPSA) is 31.2 Å². The molecule has 4 heteroatoms. The maximum Gasteiger partial charge on any atom is 0.338 e. The summed E-state index contributed by atoms with van der Waals surface area (Å²) in [6, 6.07) is 5.54. The maximum atomic E-state index is 11.7. The first-order valence-electron chi connectivity index (χ1n) is 4.97. The Morgan fingerprint density at radius 2 is 2.35 bits per heavy atom. The fourth-order valence-electron chi connectivity index (χ4n) is 1.78. The number of esters is 1. The number of rotatable bonds is 2. The molecule has 0 aliphatic rings. The third-order valence-corrected chi connectivity index (χ3v) is 2.98. The van der Waals surface area contributed by atoms with Crippen molar-refractivity contribution >= 4 is 32.8 Å². The molecule has 0 aliphatic heterocycles. The fourth-order valence-corrected chi connectivity index (χ4v) is 2.22. The first-order chi connectivity index (χ1) is 8.17. The molecule has 0 aliphatic carbocycles. The largest absolute Gasteiger partial charge is 0.465 e. The predicted molar refractivity (Wildman–Crippen MR) is 69.8 cm³/mol. The molecule has 0 spiro atoms. The molecule has 0 saturated heterocycles. The zero-order chi connectivity index (χ0) is 12.4. The highest BCUT2D eigenvalue weighted by molar-refractivity contribution is 9.10. The molecule has 2 rings (SSSR count). The van der Waals surface area contributed by atoms with Crippen LogP contribution in [0.5, 0.6) is 0 Å². The molecular formula is C13H10BrNO2. The molecular weight excluding hydrogens is 282 g/mol. The monoisotopic (exact) mass is 291 g/mol. The van der Waals surface area contributed by atoms with Crippen LogP contribution in [0.25, 0.3) is 10.9 Å². The van der Waals surface area contributed by atoms with Gasteiger partial charge in [-0.1, -0.05) is 21.9 Å². The van der Waals surface area contributed by atoms with Gasteiger partial charge in [0.1, 0.15) is 0 Å². The van der Waals surface area contributed by atoms with Gasteiger partial charge < -0.3 is 9.30 Å². The second-order valence-corrected chi connectivity index (χ2v) is 4.44. The van der Waals surface area contributed by atoms with Gasteiger partial charge in [0.25, 0.3) is 0 Å². The van der Waals surface area contributed by atoms with E-state index in [2.05, 4.69) is 21.9 Å². The Balaban J connectivity index is 2.70.